The lowest BCUT2D eigenvalue weighted by Gasteiger charge is -2.12. The van der Waals surface area contributed by atoms with E-state index in [1.54, 1.807) is 18.5 Å². The summed E-state index contributed by atoms with van der Waals surface area (Å²) in [6.07, 6.45) is 0.312. The summed E-state index contributed by atoms with van der Waals surface area (Å²) >= 11 is 0. The summed E-state index contributed by atoms with van der Waals surface area (Å²) in [5.74, 6) is 1.03. The SMILES string of the molecule is CC(C)CCNc1nc2c(c(=O)[nH]c(=O)n2C)n1CC(C)O. The maximum atomic E-state index is 12.1. The molecular weight excluding hydrogens is 286 g/mol. The Morgan fingerprint density at radius 2 is 2.00 bits per heavy atom. The lowest BCUT2D eigenvalue weighted by molar-refractivity contribution is 0.175. The van der Waals surface area contributed by atoms with Crippen LogP contribution in [0.25, 0.3) is 11.2 Å². The topological polar surface area (TPSA) is 105 Å². The molecule has 8 heteroatoms. The van der Waals surface area contributed by atoms with Crippen molar-refractivity contribution in [2.45, 2.75) is 39.8 Å². The minimum absolute atomic E-state index is 0.224. The molecule has 2 heterocycles. The predicted octanol–water partition coefficient (Wildman–Crippen LogP) is 0.262. The molecule has 0 fully saturated rings. The van der Waals surface area contributed by atoms with Crippen molar-refractivity contribution < 1.29 is 5.11 Å². The second-order valence-electron chi connectivity index (χ2n) is 5.99. The molecule has 0 amide bonds. The van der Waals surface area contributed by atoms with Crippen LogP contribution in [-0.4, -0.2) is 36.9 Å². The fourth-order valence-corrected chi connectivity index (χ4v) is 2.28. The number of aromatic amines is 1. The molecule has 1 unspecified atom stereocenters. The standard InChI is InChI=1S/C14H23N5O3/c1-8(2)5-6-15-13-16-11-10(19(13)7-9(3)20)12(21)17-14(22)18(11)4/h8-9,20H,5-7H2,1-4H3,(H,15,16)(H,17,21,22). The molecule has 1 atom stereocenters. The predicted molar refractivity (Wildman–Crippen MR) is 85.2 cm³/mol. The van der Waals surface area contributed by atoms with E-state index in [0.717, 1.165) is 6.42 Å². The highest BCUT2D eigenvalue weighted by Crippen LogP contribution is 2.16. The molecule has 0 saturated carbocycles. The molecule has 8 nitrogen and oxygen atoms in total. The van der Waals surface area contributed by atoms with Crippen molar-refractivity contribution in [2.75, 3.05) is 11.9 Å². The Labute approximate surface area is 127 Å². The van der Waals surface area contributed by atoms with Crippen molar-refractivity contribution in [1.82, 2.24) is 19.1 Å². The molecule has 0 spiro atoms. The van der Waals surface area contributed by atoms with E-state index >= 15 is 0 Å². The van der Waals surface area contributed by atoms with Gasteiger partial charge in [0.2, 0.25) is 5.95 Å². The van der Waals surface area contributed by atoms with Gasteiger partial charge in [0.05, 0.1) is 12.6 Å². The Morgan fingerprint density at radius 1 is 1.32 bits per heavy atom. The lowest BCUT2D eigenvalue weighted by atomic mass is 10.1. The van der Waals surface area contributed by atoms with E-state index in [0.29, 0.717) is 24.1 Å². The highest BCUT2D eigenvalue weighted by molar-refractivity contribution is 5.74. The maximum Gasteiger partial charge on any atom is 0.329 e. The molecule has 22 heavy (non-hydrogen) atoms. The third kappa shape index (κ3) is 3.22. The van der Waals surface area contributed by atoms with Gasteiger partial charge in [-0.2, -0.15) is 4.98 Å². The molecule has 122 valence electrons. The molecule has 2 aromatic rings. The number of fused-ring (bicyclic) bond motifs is 1. The van der Waals surface area contributed by atoms with Crippen molar-refractivity contribution in [2.24, 2.45) is 13.0 Å². The average Bonchev–Trinajstić information content (AvgIpc) is 2.74. The molecule has 0 aliphatic heterocycles. The number of aliphatic hydroxyl groups is 1. The second kappa shape index (κ2) is 6.35. The van der Waals surface area contributed by atoms with E-state index in [2.05, 4.69) is 29.1 Å². The van der Waals surface area contributed by atoms with Crippen LogP contribution in [0.1, 0.15) is 27.2 Å². The Bertz CT molecular complexity index is 769. The van der Waals surface area contributed by atoms with Gasteiger partial charge in [-0.15, -0.1) is 0 Å². The first-order valence-corrected chi connectivity index (χ1v) is 7.42. The van der Waals surface area contributed by atoms with Crippen LogP contribution >= 0.6 is 0 Å². The number of aryl methyl sites for hydroxylation is 1. The highest BCUT2D eigenvalue weighted by Gasteiger charge is 2.18. The minimum atomic E-state index is -0.639. The van der Waals surface area contributed by atoms with Crippen molar-refractivity contribution in [3.05, 3.63) is 20.8 Å². The van der Waals surface area contributed by atoms with E-state index in [9.17, 15) is 14.7 Å². The zero-order valence-electron chi connectivity index (χ0n) is 13.4. The number of imidazole rings is 1. The van der Waals surface area contributed by atoms with Crippen LogP contribution in [0.4, 0.5) is 5.95 Å². The summed E-state index contributed by atoms with van der Waals surface area (Å²) in [4.78, 5) is 30.4. The van der Waals surface area contributed by atoms with Gasteiger partial charge in [-0.25, -0.2) is 4.79 Å². The van der Waals surface area contributed by atoms with E-state index in [1.165, 1.54) is 4.57 Å². The normalized spacial score (nSPS) is 13.0. The first-order valence-electron chi connectivity index (χ1n) is 7.42. The van der Waals surface area contributed by atoms with Crippen molar-refractivity contribution in [3.8, 4) is 0 Å². The van der Waals surface area contributed by atoms with E-state index < -0.39 is 17.4 Å². The Morgan fingerprint density at radius 3 is 2.59 bits per heavy atom. The number of nitrogens with zero attached hydrogens (tertiary/aromatic N) is 3. The molecule has 0 aromatic carbocycles. The van der Waals surface area contributed by atoms with E-state index in [1.807, 2.05) is 0 Å². The minimum Gasteiger partial charge on any atom is -0.392 e. The number of anilines is 1. The summed E-state index contributed by atoms with van der Waals surface area (Å²) in [6, 6.07) is 0. The number of aromatic nitrogens is 4. The van der Waals surface area contributed by atoms with Crippen LogP contribution in [0.3, 0.4) is 0 Å². The third-order valence-electron chi connectivity index (χ3n) is 3.46. The molecule has 0 aliphatic rings. The Hall–Kier alpha value is -2.09. The summed E-state index contributed by atoms with van der Waals surface area (Å²) in [5, 5.41) is 12.9. The number of nitrogens with one attached hydrogen (secondary N) is 2. The number of rotatable bonds is 6. The van der Waals surface area contributed by atoms with Gasteiger partial charge in [0.1, 0.15) is 0 Å². The van der Waals surface area contributed by atoms with Crippen LogP contribution in [0.2, 0.25) is 0 Å². The zero-order chi connectivity index (χ0) is 16.4. The molecule has 0 radical (unpaired) electrons. The van der Waals surface area contributed by atoms with Crippen LogP contribution in [0.5, 0.6) is 0 Å². The van der Waals surface area contributed by atoms with Gasteiger partial charge in [0.15, 0.2) is 11.2 Å². The largest absolute Gasteiger partial charge is 0.392 e. The van der Waals surface area contributed by atoms with Crippen LogP contribution in [-0.2, 0) is 13.6 Å². The van der Waals surface area contributed by atoms with Crippen molar-refractivity contribution >= 4 is 17.1 Å². The van der Waals surface area contributed by atoms with Gasteiger partial charge in [-0.05, 0) is 19.3 Å². The van der Waals surface area contributed by atoms with Gasteiger partial charge < -0.3 is 15.0 Å². The van der Waals surface area contributed by atoms with Crippen molar-refractivity contribution in [1.29, 1.82) is 0 Å². The fourth-order valence-electron chi connectivity index (χ4n) is 2.28. The van der Waals surface area contributed by atoms with Crippen LogP contribution in [0, 0.1) is 5.92 Å². The molecule has 2 aromatic heterocycles. The molecular formula is C14H23N5O3. The number of H-pyrrole nitrogens is 1. The molecule has 2 rings (SSSR count). The number of hydrogen-bond acceptors (Lipinski definition) is 5. The third-order valence-corrected chi connectivity index (χ3v) is 3.46. The summed E-state index contributed by atoms with van der Waals surface area (Å²) in [6.45, 7) is 6.80. The summed E-state index contributed by atoms with van der Waals surface area (Å²) in [5.41, 5.74) is -0.410. The lowest BCUT2D eigenvalue weighted by Crippen LogP contribution is -2.29. The molecule has 0 saturated heterocycles. The average molecular weight is 309 g/mol. The summed E-state index contributed by atoms with van der Waals surface area (Å²) in [7, 11) is 1.55. The maximum absolute atomic E-state index is 12.1. The molecule has 0 aliphatic carbocycles. The Kier molecular flexibility index (Phi) is 4.70. The van der Waals surface area contributed by atoms with Crippen molar-refractivity contribution in [3.63, 3.8) is 0 Å². The van der Waals surface area contributed by atoms with Gasteiger partial charge in [-0.3, -0.25) is 14.3 Å². The van der Waals surface area contributed by atoms with E-state index in [4.69, 9.17) is 0 Å². The highest BCUT2D eigenvalue weighted by atomic mass is 16.3. The first-order chi connectivity index (χ1) is 10.3. The monoisotopic (exact) mass is 309 g/mol. The number of hydrogen-bond donors (Lipinski definition) is 3. The molecule has 3 N–H and O–H groups in total. The van der Waals surface area contributed by atoms with Gasteiger partial charge in [0, 0.05) is 13.6 Å². The van der Waals surface area contributed by atoms with Gasteiger partial charge in [-0.1, -0.05) is 13.8 Å². The van der Waals surface area contributed by atoms with Crippen LogP contribution < -0.4 is 16.6 Å². The summed E-state index contributed by atoms with van der Waals surface area (Å²) < 4.78 is 2.92. The van der Waals surface area contributed by atoms with Gasteiger partial charge in [0.25, 0.3) is 5.56 Å². The Balaban J connectivity index is 2.54. The number of aliphatic hydroxyl groups excluding tert-OH is 1. The van der Waals surface area contributed by atoms with Crippen LogP contribution in [0.15, 0.2) is 9.59 Å². The first kappa shape index (κ1) is 16.3. The molecule has 0 bridgehead atoms. The second-order valence-corrected chi connectivity index (χ2v) is 5.99. The van der Waals surface area contributed by atoms with Gasteiger partial charge >= 0.3 is 5.69 Å². The zero-order valence-corrected chi connectivity index (χ0v) is 13.4. The smallest absolute Gasteiger partial charge is 0.329 e. The van der Waals surface area contributed by atoms with E-state index in [-0.39, 0.29) is 12.1 Å². The quantitative estimate of drug-likeness (QED) is 0.710. The fraction of sp³-hybridized carbons (Fsp3) is 0.643.